The molecule has 0 bridgehead atoms. The van der Waals surface area contributed by atoms with Crippen LogP contribution in [0.3, 0.4) is 0 Å². The number of nitrogens with zero attached hydrogens (tertiary/aromatic N) is 1. The SMILES string of the molecule is NC1Nc2ccc(N3CCOCC3)cc2S1. The van der Waals surface area contributed by atoms with Gasteiger partial charge >= 0.3 is 0 Å². The highest BCUT2D eigenvalue weighted by Gasteiger charge is 2.19. The maximum absolute atomic E-state index is 5.83. The quantitative estimate of drug-likeness (QED) is 0.770. The van der Waals surface area contributed by atoms with Crippen LogP contribution in [0.15, 0.2) is 23.1 Å². The molecule has 2 aliphatic rings. The normalized spacial score (nSPS) is 24.1. The van der Waals surface area contributed by atoms with E-state index < -0.39 is 0 Å². The molecule has 0 spiro atoms. The number of anilines is 2. The van der Waals surface area contributed by atoms with Crippen molar-refractivity contribution in [2.45, 2.75) is 10.4 Å². The van der Waals surface area contributed by atoms with E-state index in [2.05, 4.69) is 28.4 Å². The first-order valence-electron chi connectivity index (χ1n) is 5.48. The summed E-state index contributed by atoms with van der Waals surface area (Å²) in [5.74, 6) is 0. The third-order valence-corrected chi connectivity index (χ3v) is 3.86. The molecule has 1 aromatic rings. The van der Waals surface area contributed by atoms with Gasteiger partial charge in [0.2, 0.25) is 0 Å². The fourth-order valence-electron chi connectivity index (χ4n) is 2.07. The van der Waals surface area contributed by atoms with E-state index >= 15 is 0 Å². The lowest BCUT2D eigenvalue weighted by atomic mass is 10.2. The van der Waals surface area contributed by atoms with Crippen LogP contribution in [0.25, 0.3) is 0 Å². The monoisotopic (exact) mass is 237 g/mol. The number of fused-ring (bicyclic) bond motifs is 1. The molecular formula is C11H15N3OS. The van der Waals surface area contributed by atoms with Crippen molar-refractivity contribution < 1.29 is 4.74 Å². The predicted octanol–water partition coefficient (Wildman–Crippen LogP) is 1.28. The number of nitrogens with two attached hydrogens (primary N) is 1. The molecule has 2 aliphatic heterocycles. The molecule has 5 heteroatoms. The summed E-state index contributed by atoms with van der Waals surface area (Å²) in [7, 11) is 0. The Morgan fingerprint density at radius 2 is 2.19 bits per heavy atom. The van der Waals surface area contributed by atoms with Gasteiger partial charge in [-0.05, 0) is 18.2 Å². The van der Waals surface area contributed by atoms with Crippen LogP contribution >= 0.6 is 11.8 Å². The maximum Gasteiger partial charge on any atom is 0.127 e. The molecule has 2 heterocycles. The van der Waals surface area contributed by atoms with Crippen LogP contribution in [0, 0.1) is 0 Å². The minimum atomic E-state index is -0.00469. The van der Waals surface area contributed by atoms with Crippen molar-refractivity contribution in [2.75, 3.05) is 36.5 Å². The van der Waals surface area contributed by atoms with E-state index in [0.717, 1.165) is 32.0 Å². The summed E-state index contributed by atoms with van der Waals surface area (Å²) >= 11 is 1.68. The number of benzene rings is 1. The molecule has 0 aliphatic carbocycles. The van der Waals surface area contributed by atoms with Crippen molar-refractivity contribution in [3.05, 3.63) is 18.2 Å². The Hall–Kier alpha value is -0.910. The van der Waals surface area contributed by atoms with Gasteiger partial charge in [0, 0.05) is 29.4 Å². The third-order valence-electron chi connectivity index (χ3n) is 2.89. The van der Waals surface area contributed by atoms with Crippen LogP contribution in [-0.2, 0) is 4.74 Å². The second kappa shape index (κ2) is 4.16. The molecule has 3 rings (SSSR count). The first-order chi connectivity index (χ1) is 7.83. The van der Waals surface area contributed by atoms with Gasteiger partial charge in [-0.1, -0.05) is 11.8 Å². The molecule has 0 saturated carbocycles. The maximum atomic E-state index is 5.83. The van der Waals surface area contributed by atoms with Crippen molar-refractivity contribution in [3.63, 3.8) is 0 Å². The van der Waals surface area contributed by atoms with E-state index in [-0.39, 0.29) is 5.50 Å². The van der Waals surface area contributed by atoms with Gasteiger partial charge in [-0.25, -0.2) is 0 Å². The second-order valence-corrected chi connectivity index (χ2v) is 5.15. The van der Waals surface area contributed by atoms with Crippen molar-refractivity contribution >= 4 is 23.1 Å². The molecule has 1 saturated heterocycles. The molecule has 0 aromatic heterocycles. The van der Waals surface area contributed by atoms with Crippen LogP contribution in [0.2, 0.25) is 0 Å². The zero-order valence-corrected chi connectivity index (χ0v) is 9.80. The smallest absolute Gasteiger partial charge is 0.127 e. The number of nitrogens with one attached hydrogen (secondary N) is 1. The molecular weight excluding hydrogens is 222 g/mol. The summed E-state index contributed by atoms with van der Waals surface area (Å²) in [4.78, 5) is 3.60. The van der Waals surface area contributed by atoms with Crippen LogP contribution in [-0.4, -0.2) is 31.8 Å². The molecule has 0 amide bonds. The van der Waals surface area contributed by atoms with Crippen LogP contribution in [0.4, 0.5) is 11.4 Å². The Labute approximate surface area is 99.1 Å². The third kappa shape index (κ3) is 1.86. The minimum absolute atomic E-state index is 0.00469. The zero-order chi connectivity index (χ0) is 11.0. The van der Waals surface area contributed by atoms with Crippen molar-refractivity contribution in [1.29, 1.82) is 0 Å². The highest BCUT2D eigenvalue weighted by Crippen LogP contribution is 2.38. The lowest BCUT2D eigenvalue weighted by Gasteiger charge is -2.29. The van der Waals surface area contributed by atoms with Crippen LogP contribution in [0.1, 0.15) is 0 Å². The molecule has 86 valence electrons. The van der Waals surface area contributed by atoms with E-state index in [1.807, 2.05) is 0 Å². The summed E-state index contributed by atoms with van der Waals surface area (Å²) < 4.78 is 5.35. The van der Waals surface area contributed by atoms with Gasteiger partial charge < -0.3 is 20.7 Å². The number of rotatable bonds is 1. The Kier molecular flexibility index (Phi) is 2.67. The Morgan fingerprint density at radius 1 is 1.38 bits per heavy atom. The Morgan fingerprint density at radius 3 is 3.00 bits per heavy atom. The zero-order valence-electron chi connectivity index (χ0n) is 8.98. The molecule has 1 atom stereocenters. The molecule has 1 unspecified atom stereocenters. The van der Waals surface area contributed by atoms with Gasteiger partial charge in [0.25, 0.3) is 0 Å². The number of ether oxygens (including phenoxy) is 1. The van der Waals surface area contributed by atoms with E-state index in [1.54, 1.807) is 11.8 Å². The molecule has 16 heavy (non-hydrogen) atoms. The van der Waals surface area contributed by atoms with E-state index in [9.17, 15) is 0 Å². The first-order valence-corrected chi connectivity index (χ1v) is 6.36. The van der Waals surface area contributed by atoms with Gasteiger partial charge in [0.1, 0.15) is 5.50 Å². The summed E-state index contributed by atoms with van der Waals surface area (Å²) in [6, 6.07) is 6.47. The summed E-state index contributed by atoms with van der Waals surface area (Å²) in [5.41, 5.74) is 8.24. The standard InChI is InChI=1S/C11H15N3OS/c12-11-13-9-2-1-8(7-10(9)16-11)14-3-5-15-6-4-14/h1-2,7,11,13H,3-6,12H2. The van der Waals surface area contributed by atoms with Crippen molar-refractivity contribution in [2.24, 2.45) is 5.73 Å². The summed E-state index contributed by atoms with van der Waals surface area (Å²) in [5, 5.41) is 3.22. The molecule has 1 fully saturated rings. The molecule has 0 radical (unpaired) electrons. The van der Waals surface area contributed by atoms with Gasteiger partial charge in [-0.2, -0.15) is 0 Å². The van der Waals surface area contributed by atoms with Crippen molar-refractivity contribution in [1.82, 2.24) is 0 Å². The number of hydrogen-bond acceptors (Lipinski definition) is 5. The van der Waals surface area contributed by atoms with E-state index in [0.29, 0.717) is 0 Å². The number of thioether (sulfide) groups is 1. The average molecular weight is 237 g/mol. The van der Waals surface area contributed by atoms with Crippen LogP contribution in [0.5, 0.6) is 0 Å². The van der Waals surface area contributed by atoms with Gasteiger partial charge in [-0.3, -0.25) is 0 Å². The first kappa shape index (κ1) is 10.3. The average Bonchev–Trinajstić information content (AvgIpc) is 2.69. The number of morpholine rings is 1. The van der Waals surface area contributed by atoms with Crippen molar-refractivity contribution in [3.8, 4) is 0 Å². The molecule has 3 N–H and O–H groups in total. The summed E-state index contributed by atoms with van der Waals surface area (Å²) in [6.07, 6.45) is 0. The topological polar surface area (TPSA) is 50.5 Å². The predicted molar refractivity (Wildman–Crippen MR) is 66.9 cm³/mol. The summed E-state index contributed by atoms with van der Waals surface area (Å²) in [6.45, 7) is 3.59. The largest absolute Gasteiger partial charge is 0.378 e. The van der Waals surface area contributed by atoms with E-state index in [4.69, 9.17) is 10.5 Å². The van der Waals surface area contributed by atoms with Gasteiger partial charge in [0.05, 0.1) is 13.2 Å². The second-order valence-electron chi connectivity index (χ2n) is 3.96. The van der Waals surface area contributed by atoms with Gasteiger partial charge in [0.15, 0.2) is 0 Å². The lowest BCUT2D eigenvalue weighted by molar-refractivity contribution is 0.122. The minimum Gasteiger partial charge on any atom is -0.378 e. The number of hydrogen-bond donors (Lipinski definition) is 2. The van der Waals surface area contributed by atoms with Crippen LogP contribution < -0.4 is 16.0 Å². The Bertz CT molecular complexity index is 393. The van der Waals surface area contributed by atoms with E-state index in [1.165, 1.54) is 10.6 Å². The fourth-order valence-corrected chi connectivity index (χ4v) is 2.97. The molecule has 1 aromatic carbocycles. The van der Waals surface area contributed by atoms with Gasteiger partial charge in [-0.15, -0.1) is 0 Å². The fraction of sp³-hybridized carbons (Fsp3) is 0.455. The highest BCUT2D eigenvalue weighted by molar-refractivity contribution is 8.00. The molecule has 4 nitrogen and oxygen atoms in total. The Balaban J connectivity index is 1.84. The lowest BCUT2D eigenvalue weighted by Crippen LogP contribution is -2.36. The highest BCUT2D eigenvalue weighted by atomic mass is 32.2.